The summed E-state index contributed by atoms with van der Waals surface area (Å²) in [5.74, 6) is 1.58. The molecule has 2 rings (SSSR count). The second-order valence-electron chi connectivity index (χ2n) is 5.13. The number of pyridine rings is 1. The number of aromatic nitrogens is 1. The van der Waals surface area contributed by atoms with E-state index in [9.17, 15) is 13.2 Å². The molecule has 1 aromatic rings. The van der Waals surface area contributed by atoms with Crippen molar-refractivity contribution in [2.75, 3.05) is 30.0 Å². The van der Waals surface area contributed by atoms with Crippen molar-refractivity contribution in [3.8, 4) is 0 Å². The van der Waals surface area contributed by atoms with E-state index in [0.29, 0.717) is 6.54 Å². The lowest BCUT2D eigenvalue weighted by Gasteiger charge is -2.23. The molecule has 1 saturated heterocycles. The number of alkyl halides is 3. The van der Waals surface area contributed by atoms with Crippen molar-refractivity contribution in [1.29, 1.82) is 0 Å². The Morgan fingerprint density at radius 1 is 1.35 bits per heavy atom. The zero-order valence-electron chi connectivity index (χ0n) is 11.5. The van der Waals surface area contributed by atoms with Crippen LogP contribution in [-0.2, 0) is 6.18 Å². The maximum absolute atomic E-state index is 12.8. The van der Waals surface area contributed by atoms with Crippen molar-refractivity contribution in [3.63, 3.8) is 0 Å². The zero-order valence-corrected chi connectivity index (χ0v) is 12.3. The van der Waals surface area contributed by atoms with E-state index in [1.165, 1.54) is 0 Å². The van der Waals surface area contributed by atoms with E-state index in [0.717, 1.165) is 30.7 Å². The minimum absolute atomic E-state index is 0.0791. The highest BCUT2D eigenvalue weighted by Crippen LogP contribution is 2.38. The predicted molar refractivity (Wildman–Crippen MR) is 77.4 cm³/mol. The fraction of sp³-hybridized carbons (Fsp3) is 0.615. The second-order valence-corrected chi connectivity index (χ2v) is 6.81. The molecular formula is C13H18F3N3S. The minimum atomic E-state index is -4.36. The second kappa shape index (κ2) is 5.71. The van der Waals surface area contributed by atoms with Crippen molar-refractivity contribution >= 4 is 23.4 Å². The molecular weight excluding hydrogens is 287 g/mol. The topological polar surface area (TPSA) is 37.0 Å². The van der Waals surface area contributed by atoms with Crippen molar-refractivity contribution in [2.24, 2.45) is 0 Å². The van der Waals surface area contributed by atoms with Gasteiger partial charge in [-0.25, -0.2) is 4.98 Å². The monoisotopic (exact) mass is 305 g/mol. The number of hydrogen-bond acceptors (Lipinski definition) is 4. The first-order chi connectivity index (χ1) is 9.32. The average Bonchev–Trinajstić information content (AvgIpc) is 2.82. The lowest BCUT2D eigenvalue weighted by atomic mass is 10.1. The molecule has 0 spiro atoms. The molecule has 1 aromatic heterocycles. The van der Waals surface area contributed by atoms with Crippen molar-refractivity contribution in [3.05, 3.63) is 17.7 Å². The van der Waals surface area contributed by atoms with E-state index in [4.69, 9.17) is 0 Å². The molecule has 1 atom stereocenters. The Morgan fingerprint density at radius 2 is 2.05 bits per heavy atom. The maximum Gasteiger partial charge on any atom is 0.416 e. The van der Waals surface area contributed by atoms with Crippen LogP contribution in [0, 0.1) is 0 Å². The molecule has 0 aliphatic carbocycles. The normalized spacial score (nSPS) is 22.9. The van der Waals surface area contributed by atoms with E-state index in [1.807, 2.05) is 11.8 Å². The van der Waals surface area contributed by atoms with Crippen LogP contribution >= 0.6 is 11.8 Å². The van der Waals surface area contributed by atoms with Gasteiger partial charge in [-0.1, -0.05) is 0 Å². The van der Waals surface area contributed by atoms with Gasteiger partial charge in [0.2, 0.25) is 0 Å². The molecule has 2 N–H and O–H groups in total. The quantitative estimate of drug-likeness (QED) is 0.886. The standard InChI is InChI=1S/C13H18F3N3S/c1-12(4-3-5-20-12)8-18-11-7-9(13(14,15)16)6-10(17-2)19-11/h6-7H,3-5,8H2,1-2H3,(H2,17,18,19). The van der Waals surface area contributed by atoms with Crippen LogP contribution in [0.2, 0.25) is 0 Å². The summed E-state index contributed by atoms with van der Waals surface area (Å²) in [5, 5.41) is 5.70. The number of rotatable bonds is 4. The third-order valence-electron chi connectivity index (χ3n) is 3.35. The number of nitrogens with zero attached hydrogens (tertiary/aromatic N) is 1. The van der Waals surface area contributed by atoms with Gasteiger partial charge in [0.25, 0.3) is 0 Å². The molecule has 2 heterocycles. The van der Waals surface area contributed by atoms with Crippen LogP contribution in [0.5, 0.6) is 0 Å². The average molecular weight is 305 g/mol. The van der Waals surface area contributed by atoms with Crippen LogP contribution in [0.1, 0.15) is 25.3 Å². The van der Waals surface area contributed by atoms with Gasteiger partial charge >= 0.3 is 6.18 Å². The van der Waals surface area contributed by atoms with Gasteiger partial charge in [-0.15, -0.1) is 0 Å². The first kappa shape index (κ1) is 15.3. The number of nitrogens with one attached hydrogen (secondary N) is 2. The summed E-state index contributed by atoms with van der Waals surface area (Å²) in [6.45, 7) is 2.75. The van der Waals surface area contributed by atoms with Gasteiger partial charge in [0.1, 0.15) is 11.6 Å². The number of hydrogen-bond donors (Lipinski definition) is 2. The molecule has 1 unspecified atom stereocenters. The smallest absolute Gasteiger partial charge is 0.373 e. The molecule has 0 amide bonds. The van der Waals surface area contributed by atoms with Crippen LogP contribution in [0.15, 0.2) is 12.1 Å². The van der Waals surface area contributed by atoms with Crippen LogP contribution < -0.4 is 10.6 Å². The van der Waals surface area contributed by atoms with Gasteiger partial charge in [0.05, 0.1) is 5.56 Å². The molecule has 7 heteroatoms. The first-order valence-electron chi connectivity index (χ1n) is 6.47. The van der Waals surface area contributed by atoms with E-state index in [-0.39, 0.29) is 16.4 Å². The van der Waals surface area contributed by atoms with Crippen LogP contribution in [0.4, 0.5) is 24.8 Å². The molecule has 0 saturated carbocycles. The molecule has 20 heavy (non-hydrogen) atoms. The highest BCUT2D eigenvalue weighted by molar-refractivity contribution is 8.00. The van der Waals surface area contributed by atoms with Gasteiger partial charge < -0.3 is 10.6 Å². The van der Waals surface area contributed by atoms with Crippen molar-refractivity contribution in [1.82, 2.24) is 4.98 Å². The maximum atomic E-state index is 12.8. The predicted octanol–water partition coefficient (Wildman–Crippen LogP) is 3.84. The zero-order chi connectivity index (χ0) is 14.8. The van der Waals surface area contributed by atoms with Gasteiger partial charge in [-0.3, -0.25) is 0 Å². The number of thioether (sulfide) groups is 1. The minimum Gasteiger partial charge on any atom is -0.373 e. The van der Waals surface area contributed by atoms with Crippen molar-refractivity contribution < 1.29 is 13.2 Å². The Labute approximate surface area is 120 Å². The van der Waals surface area contributed by atoms with Gasteiger partial charge in [0.15, 0.2) is 0 Å². The number of anilines is 2. The summed E-state index contributed by atoms with van der Waals surface area (Å²) in [6.07, 6.45) is -2.14. The highest BCUT2D eigenvalue weighted by Gasteiger charge is 2.32. The van der Waals surface area contributed by atoms with Crippen LogP contribution in [0.3, 0.4) is 0 Å². The Kier molecular flexibility index (Phi) is 4.36. The SMILES string of the molecule is CNc1cc(C(F)(F)F)cc(NCC2(C)CCCS2)n1. The molecule has 0 aromatic carbocycles. The molecule has 1 aliphatic heterocycles. The lowest BCUT2D eigenvalue weighted by Crippen LogP contribution is -2.27. The van der Waals surface area contributed by atoms with E-state index in [2.05, 4.69) is 22.5 Å². The Hall–Kier alpha value is -1.11. The third-order valence-corrected chi connectivity index (χ3v) is 4.89. The molecule has 0 radical (unpaired) electrons. The third kappa shape index (κ3) is 3.71. The van der Waals surface area contributed by atoms with Crippen LogP contribution in [0.25, 0.3) is 0 Å². The fourth-order valence-corrected chi connectivity index (χ4v) is 3.41. The van der Waals surface area contributed by atoms with Gasteiger partial charge in [-0.05, 0) is 37.7 Å². The molecule has 3 nitrogen and oxygen atoms in total. The summed E-state index contributed by atoms with van der Waals surface area (Å²) in [6, 6.07) is 2.07. The Morgan fingerprint density at radius 3 is 2.60 bits per heavy atom. The van der Waals surface area contributed by atoms with Crippen molar-refractivity contribution in [2.45, 2.75) is 30.7 Å². The van der Waals surface area contributed by atoms with E-state index < -0.39 is 11.7 Å². The van der Waals surface area contributed by atoms with Gasteiger partial charge in [-0.2, -0.15) is 24.9 Å². The largest absolute Gasteiger partial charge is 0.416 e. The molecule has 1 aliphatic rings. The summed E-state index contributed by atoms with van der Waals surface area (Å²) in [7, 11) is 1.56. The summed E-state index contributed by atoms with van der Waals surface area (Å²) < 4.78 is 38.5. The summed E-state index contributed by atoms with van der Waals surface area (Å²) in [4.78, 5) is 4.13. The van der Waals surface area contributed by atoms with Gasteiger partial charge in [0, 0.05) is 18.3 Å². The Balaban J connectivity index is 2.14. The highest BCUT2D eigenvalue weighted by atomic mass is 32.2. The van der Waals surface area contributed by atoms with E-state index >= 15 is 0 Å². The number of halogens is 3. The molecule has 112 valence electrons. The fourth-order valence-electron chi connectivity index (χ4n) is 2.17. The molecule has 1 fully saturated rings. The Bertz CT molecular complexity index is 470. The van der Waals surface area contributed by atoms with Crippen LogP contribution in [-0.4, -0.2) is 29.1 Å². The molecule has 0 bridgehead atoms. The summed E-state index contributed by atoms with van der Waals surface area (Å²) in [5.41, 5.74) is -0.691. The summed E-state index contributed by atoms with van der Waals surface area (Å²) >= 11 is 1.86. The lowest BCUT2D eigenvalue weighted by molar-refractivity contribution is -0.137. The van der Waals surface area contributed by atoms with E-state index in [1.54, 1.807) is 7.05 Å². The first-order valence-corrected chi connectivity index (χ1v) is 7.46.